The predicted molar refractivity (Wildman–Crippen MR) is 76.6 cm³/mol. The molecule has 0 saturated heterocycles. The average molecular weight is 273 g/mol. The lowest BCUT2D eigenvalue weighted by Crippen LogP contribution is -1.94. The third-order valence-electron chi connectivity index (χ3n) is 3.00. The summed E-state index contributed by atoms with van der Waals surface area (Å²) in [4.78, 5) is 3.42. The van der Waals surface area contributed by atoms with Crippen LogP contribution in [0.4, 0.5) is 0 Å². The van der Waals surface area contributed by atoms with Crippen LogP contribution in [0.2, 0.25) is 0 Å². The maximum atomic E-state index is 5.72. The van der Waals surface area contributed by atoms with Gasteiger partial charge in [0.25, 0.3) is 0 Å². The van der Waals surface area contributed by atoms with Crippen LogP contribution in [0.1, 0.15) is 30.5 Å². The molecule has 1 N–H and O–H groups in total. The van der Waals surface area contributed by atoms with E-state index in [1.165, 1.54) is 22.4 Å². The number of nitrogens with one attached hydrogen (secondary N) is 1. The Bertz CT molecular complexity index is 673. The number of ether oxygens (including phenoxy) is 1. The van der Waals surface area contributed by atoms with E-state index in [1.807, 2.05) is 12.1 Å². The number of aromatic nitrogens is 3. The minimum Gasteiger partial charge on any atom is -0.486 e. The molecule has 0 radical (unpaired) electrons. The van der Waals surface area contributed by atoms with Crippen molar-refractivity contribution >= 4 is 22.2 Å². The molecule has 0 aliphatic carbocycles. The first-order chi connectivity index (χ1) is 9.22. The number of hydrogen-bond acceptors (Lipinski definition) is 4. The molecule has 0 unspecified atom stereocenters. The molecule has 0 aliphatic rings. The summed E-state index contributed by atoms with van der Waals surface area (Å²) in [6.07, 6.45) is 0. The van der Waals surface area contributed by atoms with Crippen molar-refractivity contribution in [3.05, 3.63) is 40.5 Å². The second kappa shape index (κ2) is 5.01. The molecule has 2 heterocycles. The molecule has 0 bridgehead atoms. The average Bonchev–Trinajstić information content (AvgIpc) is 3.04. The maximum absolute atomic E-state index is 5.72. The Kier molecular flexibility index (Phi) is 3.21. The lowest BCUT2D eigenvalue weighted by Gasteiger charge is -2.03. The molecule has 2 aromatic heterocycles. The van der Waals surface area contributed by atoms with Crippen molar-refractivity contribution in [2.75, 3.05) is 0 Å². The Morgan fingerprint density at radius 3 is 2.95 bits per heavy atom. The fourth-order valence-electron chi connectivity index (χ4n) is 1.93. The van der Waals surface area contributed by atoms with Crippen molar-refractivity contribution < 1.29 is 4.74 Å². The smallest absolute Gasteiger partial charge is 0.154 e. The van der Waals surface area contributed by atoms with Gasteiger partial charge in [0.1, 0.15) is 17.9 Å². The van der Waals surface area contributed by atoms with E-state index in [1.54, 1.807) is 5.51 Å². The van der Waals surface area contributed by atoms with Gasteiger partial charge in [-0.1, -0.05) is 13.8 Å². The minimum absolute atomic E-state index is 0.466. The van der Waals surface area contributed by atoms with Gasteiger partial charge in [-0.2, -0.15) is 0 Å². The number of aromatic amines is 1. The molecule has 98 valence electrons. The minimum atomic E-state index is 0.466. The number of benzene rings is 1. The first-order valence-electron chi connectivity index (χ1n) is 6.23. The van der Waals surface area contributed by atoms with Crippen molar-refractivity contribution in [2.24, 2.45) is 0 Å². The highest BCUT2D eigenvalue weighted by atomic mass is 32.1. The first-order valence-corrected chi connectivity index (χ1v) is 7.11. The topological polar surface area (TPSA) is 50.8 Å². The van der Waals surface area contributed by atoms with Gasteiger partial charge >= 0.3 is 0 Å². The molecule has 0 saturated carbocycles. The molecule has 0 aliphatic heterocycles. The summed E-state index contributed by atoms with van der Waals surface area (Å²) >= 11 is 1.50. The van der Waals surface area contributed by atoms with Gasteiger partial charge in [0, 0.05) is 17.3 Å². The predicted octanol–water partition coefficient (Wildman–Crippen LogP) is 3.72. The van der Waals surface area contributed by atoms with Crippen LogP contribution in [0.25, 0.3) is 10.9 Å². The molecule has 0 fully saturated rings. The summed E-state index contributed by atoms with van der Waals surface area (Å²) < 4.78 is 5.72. The number of fused-ring (bicyclic) bond motifs is 1. The Labute approximate surface area is 115 Å². The largest absolute Gasteiger partial charge is 0.486 e. The van der Waals surface area contributed by atoms with Crippen molar-refractivity contribution in [2.45, 2.75) is 26.4 Å². The van der Waals surface area contributed by atoms with Gasteiger partial charge in [-0.05, 0) is 29.5 Å². The number of nitrogens with zero attached hydrogens (tertiary/aromatic N) is 2. The van der Waals surface area contributed by atoms with E-state index in [9.17, 15) is 0 Å². The van der Waals surface area contributed by atoms with Crippen LogP contribution in [0.15, 0.2) is 29.8 Å². The van der Waals surface area contributed by atoms with E-state index < -0.39 is 0 Å². The summed E-state index contributed by atoms with van der Waals surface area (Å²) in [5.41, 5.74) is 4.07. The van der Waals surface area contributed by atoms with Gasteiger partial charge in [-0.3, -0.25) is 0 Å². The number of hydrogen-bond donors (Lipinski definition) is 1. The van der Waals surface area contributed by atoms with E-state index in [-0.39, 0.29) is 0 Å². The lowest BCUT2D eigenvalue weighted by molar-refractivity contribution is 0.305. The molecule has 1 aromatic carbocycles. The molecular formula is C14H15N3OS. The summed E-state index contributed by atoms with van der Waals surface area (Å²) in [5.74, 6) is 1.35. The molecule has 19 heavy (non-hydrogen) atoms. The van der Waals surface area contributed by atoms with Crippen LogP contribution in [0.5, 0.6) is 5.75 Å². The molecule has 0 amide bonds. The number of H-pyrrole nitrogens is 1. The quantitative estimate of drug-likeness (QED) is 0.788. The Morgan fingerprint density at radius 1 is 1.32 bits per heavy atom. The Balaban J connectivity index is 1.80. The van der Waals surface area contributed by atoms with E-state index in [2.05, 4.69) is 41.2 Å². The molecule has 0 spiro atoms. The highest BCUT2D eigenvalue weighted by Crippen LogP contribution is 2.25. The Morgan fingerprint density at radius 2 is 2.21 bits per heavy atom. The molecule has 3 rings (SSSR count). The van der Waals surface area contributed by atoms with Gasteiger partial charge in [-0.15, -0.1) is 21.5 Å². The third kappa shape index (κ3) is 2.61. The van der Waals surface area contributed by atoms with Crippen LogP contribution >= 0.6 is 11.3 Å². The third-order valence-corrected chi connectivity index (χ3v) is 3.68. The zero-order valence-corrected chi connectivity index (χ0v) is 11.7. The fourth-order valence-corrected chi connectivity index (χ4v) is 2.37. The summed E-state index contributed by atoms with van der Waals surface area (Å²) in [5, 5.41) is 9.84. The first kappa shape index (κ1) is 12.2. The zero-order chi connectivity index (χ0) is 13.2. The summed E-state index contributed by atoms with van der Waals surface area (Å²) in [6.45, 7) is 4.82. The zero-order valence-electron chi connectivity index (χ0n) is 10.9. The maximum Gasteiger partial charge on any atom is 0.154 e. The monoisotopic (exact) mass is 273 g/mol. The van der Waals surface area contributed by atoms with Gasteiger partial charge in [0.15, 0.2) is 5.01 Å². The standard InChI is InChI=1S/C14H15N3OS/c1-9(2)12-5-10-3-4-11(6-13(10)16-12)18-7-14-17-15-8-19-14/h3-6,8-9,16H,7H2,1-2H3. The Hall–Kier alpha value is -1.88. The fraction of sp³-hybridized carbons (Fsp3) is 0.286. The van der Waals surface area contributed by atoms with Crippen molar-refractivity contribution in [1.29, 1.82) is 0 Å². The van der Waals surface area contributed by atoms with E-state index in [0.29, 0.717) is 12.5 Å². The normalized spacial score (nSPS) is 11.3. The summed E-state index contributed by atoms with van der Waals surface area (Å²) in [7, 11) is 0. The van der Waals surface area contributed by atoms with Gasteiger partial charge in [0.05, 0.1) is 0 Å². The molecule has 5 heteroatoms. The second-order valence-corrected chi connectivity index (χ2v) is 5.67. The molecule has 3 aromatic rings. The van der Waals surface area contributed by atoms with Gasteiger partial charge in [-0.25, -0.2) is 0 Å². The van der Waals surface area contributed by atoms with Crippen molar-refractivity contribution in [3.63, 3.8) is 0 Å². The van der Waals surface area contributed by atoms with Crippen LogP contribution in [0, 0.1) is 0 Å². The van der Waals surface area contributed by atoms with Crippen LogP contribution in [-0.2, 0) is 6.61 Å². The highest BCUT2D eigenvalue weighted by Gasteiger charge is 2.06. The number of rotatable bonds is 4. The molecular weight excluding hydrogens is 258 g/mol. The molecule has 4 nitrogen and oxygen atoms in total. The van der Waals surface area contributed by atoms with Crippen LogP contribution < -0.4 is 4.74 Å². The van der Waals surface area contributed by atoms with Crippen molar-refractivity contribution in [3.8, 4) is 5.75 Å². The lowest BCUT2D eigenvalue weighted by atomic mass is 10.1. The van der Waals surface area contributed by atoms with Gasteiger partial charge in [0.2, 0.25) is 0 Å². The van der Waals surface area contributed by atoms with Crippen LogP contribution in [-0.4, -0.2) is 15.2 Å². The van der Waals surface area contributed by atoms with E-state index >= 15 is 0 Å². The highest BCUT2D eigenvalue weighted by molar-refractivity contribution is 7.09. The second-order valence-electron chi connectivity index (χ2n) is 4.75. The van der Waals surface area contributed by atoms with Gasteiger partial charge < -0.3 is 9.72 Å². The SMILES string of the molecule is CC(C)c1cc2ccc(OCc3nncs3)cc2[nH]1. The summed E-state index contributed by atoms with van der Waals surface area (Å²) in [6, 6.07) is 8.28. The van der Waals surface area contributed by atoms with Crippen LogP contribution in [0.3, 0.4) is 0 Å². The van der Waals surface area contributed by atoms with E-state index in [4.69, 9.17) is 4.74 Å². The van der Waals surface area contributed by atoms with Crippen molar-refractivity contribution in [1.82, 2.24) is 15.2 Å². The molecule has 0 atom stereocenters. The van der Waals surface area contributed by atoms with E-state index in [0.717, 1.165) is 16.3 Å².